The van der Waals surface area contributed by atoms with E-state index in [1.807, 2.05) is 24.3 Å². The third-order valence-corrected chi connectivity index (χ3v) is 5.51. The molecule has 21 heavy (non-hydrogen) atoms. The number of rotatable bonds is 1. The maximum Gasteiger partial charge on any atom is 0.290 e. The van der Waals surface area contributed by atoms with Crippen LogP contribution in [0.15, 0.2) is 30.0 Å². The van der Waals surface area contributed by atoms with Crippen molar-refractivity contribution in [2.75, 3.05) is 0 Å². The molecule has 0 radical (unpaired) electrons. The minimum Gasteiger partial charge on any atom is -0.475 e. The summed E-state index contributed by atoms with van der Waals surface area (Å²) in [5.74, 6) is 1.38. The van der Waals surface area contributed by atoms with E-state index in [0.29, 0.717) is 0 Å². The first kappa shape index (κ1) is 12.9. The lowest BCUT2D eigenvalue weighted by molar-refractivity contribution is -0.449. The van der Waals surface area contributed by atoms with Crippen LogP contribution in [-0.4, -0.2) is 10.5 Å². The zero-order valence-corrected chi connectivity index (χ0v) is 12.0. The Hall–Kier alpha value is -1.84. The zero-order chi connectivity index (χ0) is 14.4. The molecule has 0 N–H and O–H groups in total. The van der Waals surface area contributed by atoms with Crippen LogP contribution in [0.25, 0.3) is 6.08 Å². The molecule has 1 aliphatic heterocycles. The summed E-state index contributed by atoms with van der Waals surface area (Å²) >= 11 is 0. The van der Waals surface area contributed by atoms with Gasteiger partial charge in [-0.1, -0.05) is 31.0 Å². The average Bonchev–Trinajstić information content (AvgIpc) is 2.46. The Balaban J connectivity index is 1.90. The summed E-state index contributed by atoms with van der Waals surface area (Å²) in [4.78, 5) is 11.5. The number of nitrogens with zero attached hydrogens (tertiary/aromatic N) is 1. The van der Waals surface area contributed by atoms with Crippen molar-refractivity contribution in [1.29, 1.82) is 0 Å². The number of ether oxygens (including phenoxy) is 1. The second-order valence-electron chi connectivity index (χ2n) is 6.48. The van der Waals surface area contributed by atoms with E-state index in [1.54, 1.807) is 6.08 Å². The third-order valence-electron chi connectivity index (χ3n) is 5.51. The van der Waals surface area contributed by atoms with E-state index in [1.165, 1.54) is 12.8 Å². The van der Waals surface area contributed by atoms with Gasteiger partial charge in [0, 0.05) is 23.5 Å². The van der Waals surface area contributed by atoms with Gasteiger partial charge in [0.15, 0.2) is 0 Å². The molecule has 2 aliphatic carbocycles. The maximum absolute atomic E-state index is 11.7. The van der Waals surface area contributed by atoms with Crippen LogP contribution in [0, 0.1) is 22.0 Å². The minimum absolute atomic E-state index is 0.202. The third kappa shape index (κ3) is 1.74. The van der Waals surface area contributed by atoms with Crippen LogP contribution >= 0.6 is 0 Å². The maximum atomic E-state index is 11.7. The lowest BCUT2D eigenvalue weighted by Gasteiger charge is -2.51. The fraction of sp³-hybridized carbons (Fsp3) is 0.529. The molecular weight excluding hydrogens is 266 g/mol. The highest BCUT2D eigenvalue weighted by molar-refractivity contribution is 5.63. The highest BCUT2D eigenvalue weighted by Gasteiger charge is 2.60. The molecule has 1 heterocycles. The van der Waals surface area contributed by atoms with E-state index in [2.05, 4.69) is 0 Å². The van der Waals surface area contributed by atoms with E-state index in [9.17, 15) is 10.1 Å². The van der Waals surface area contributed by atoms with Crippen LogP contribution in [0.3, 0.4) is 0 Å². The summed E-state index contributed by atoms with van der Waals surface area (Å²) in [6.07, 6.45) is 8.29. The van der Waals surface area contributed by atoms with Gasteiger partial charge < -0.3 is 4.74 Å². The monoisotopic (exact) mass is 285 g/mol. The molecule has 4 rings (SSSR count). The molecule has 0 unspecified atom stereocenters. The van der Waals surface area contributed by atoms with E-state index >= 15 is 0 Å². The number of nitro groups is 1. The van der Waals surface area contributed by atoms with Gasteiger partial charge in [0.25, 0.3) is 5.70 Å². The smallest absolute Gasteiger partial charge is 0.290 e. The summed E-state index contributed by atoms with van der Waals surface area (Å²) in [7, 11) is 0. The lowest BCUT2D eigenvalue weighted by atomic mass is 9.59. The number of fused-ring (bicyclic) bond motifs is 1. The SMILES string of the molecule is O=[N+]([O-])C1=Cc2ccccc2OC12C1CCCC2CCC1. The van der Waals surface area contributed by atoms with Gasteiger partial charge in [0.2, 0.25) is 5.60 Å². The van der Waals surface area contributed by atoms with Crippen LogP contribution in [0.2, 0.25) is 0 Å². The van der Waals surface area contributed by atoms with Gasteiger partial charge in [-0.2, -0.15) is 0 Å². The largest absolute Gasteiger partial charge is 0.475 e. The highest BCUT2D eigenvalue weighted by Crippen LogP contribution is 2.55. The lowest BCUT2D eigenvalue weighted by Crippen LogP contribution is -2.58. The molecule has 0 saturated heterocycles. The van der Waals surface area contributed by atoms with Gasteiger partial charge in [-0.15, -0.1) is 0 Å². The Bertz CT molecular complexity index is 600. The number of para-hydroxylation sites is 1. The van der Waals surface area contributed by atoms with Crippen LogP contribution in [0.5, 0.6) is 5.75 Å². The second kappa shape index (κ2) is 4.58. The van der Waals surface area contributed by atoms with Gasteiger partial charge in [0.1, 0.15) is 5.75 Å². The summed E-state index contributed by atoms with van der Waals surface area (Å²) in [6, 6.07) is 7.67. The molecule has 1 spiro atoms. The van der Waals surface area contributed by atoms with E-state index in [-0.39, 0.29) is 22.5 Å². The molecule has 2 bridgehead atoms. The quantitative estimate of drug-likeness (QED) is 0.578. The van der Waals surface area contributed by atoms with Crippen molar-refractivity contribution >= 4 is 6.08 Å². The fourth-order valence-electron chi connectivity index (χ4n) is 4.67. The molecule has 3 aliphatic rings. The van der Waals surface area contributed by atoms with E-state index in [4.69, 9.17) is 4.74 Å². The molecule has 1 aromatic carbocycles. The van der Waals surface area contributed by atoms with Crippen molar-refractivity contribution in [3.63, 3.8) is 0 Å². The predicted octanol–water partition coefficient (Wildman–Crippen LogP) is 4.04. The average molecular weight is 285 g/mol. The Kier molecular flexibility index (Phi) is 2.81. The van der Waals surface area contributed by atoms with Crippen LogP contribution < -0.4 is 4.74 Å². The van der Waals surface area contributed by atoms with Gasteiger partial charge in [-0.05, 0) is 31.7 Å². The first-order valence-corrected chi connectivity index (χ1v) is 7.86. The molecule has 1 aromatic rings. The Morgan fingerprint density at radius 3 is 2.33 bits per heavy atom. The molecule has 4 nitrogen and oxygen atoms in total. The van der Waals surface area contributed by atoms with Gasteiger partial charge in [0.05, 0.1) is 4.92 Å². The van der Waals surface area contributed by atoms with Crippen molar-refractivity contribution in [1.82, 2.24) is 0 Å². The summed E-state index contributed by atoms with van der Waals surface area (Å²) < 4.78 is 6.39. The van der Waals surface area contributed by atoms with Crippen LogP contribution in [0.1, 0.15) is 44.1 Å². The molecule has 4 heteroatoms. The Morgan fingerprint density at radius 1 is 1.10 bits per heavy atom. The molecule has 0 amide bonds. The first-order chi connectivity index (χ1) is 10.2. The number of benzene rings is 1. The van der Waals surface area contributed by atoms with Crippen molar-refractivity contribution in [2.45, 2.75) is 44.1 Å². The van der Waals surface area contributed by atoms with Crippen LogP contribution in [-0.2, 0) is 0 Å². The van der Waals surface area contributed by atoms with Crippen molar-refractivity contribution in [2.24, 2.45) is 11.8 Å². The highest BCUT2D eigenvalue weighted by atomic mass is 16.6. The van der Waals surface area contributed by atoms with Gasteiger partial charge in [-0.25, -0.2) is 0 Å². The molecule has 2 fully saturated rings. The van der Waals surface area contributed by atoms with Gasteiger partial charge >= 0.3 is 0 Å². The topological polar surface area (TPSA) is 52.4 Å². The van der Waals surface area contributed by atoms with Crippen molar-refractivity contribution < 1.29 is 9.66 Å². The molecule has 2 saturated carbocycles. The summed E-state index contributed by atoms with van der Waals surface area (Å²) in [6.45, 7) is 0. The van der Waals surface area contributed by atoms with Crippen molar-refractivity contribution in [3.8, 4) is 5.75 Å². The predicted molar refractivity (Wildman–Crippen MR) is 79.5 cm³/mol. The van der Waals surface area contributed by atoms with Crippen LogP contribution in [0.4, 0.5) is 0 Å². The molecular formula is C17H19NO3. The Morgan fingerprint density at radius 2 is 1.71 bits per heavy atom. The van der Waals surface area contributed by atoms with E-state index < -0.39 is 5.60 Å². The van der Waals surface area contributed by atoms with E-state index in [0.717, 1.165) is 37.0 Å². The van der Waals surface area contributed by atoms with Gasteiger partial charge in [-0.3, -0.25) is 10.1 Å². The number of hydrogen-bond acceptors (Lipinski definition) is 3. The first-order valence-electron chi connectivity index (χ1n) is 7.86. The molecule has 110 valence electrons. The molecule has 0 atom stereocenters. The summed E-state index contributed by atoms with van der Waals surface area (Å²) in [5.41, 5.74) is 0.433. The van der Waals surface area contributed by atoms with Crippen molar-refractivity contribution in [3.05, 3.63) is 45.6 Å². The fourth-order valence-corrected chi connectivity index (χ4v) is 4.67. The minimum atomic E-state index is -0.686. The number of hydrogen-bond donors (Lipinski definition) is 0. The molecule has 0 aromatic heterocycles. The zero-order valence-electron chi connectivity index (χ0n) is 12.0. The normalized spacial score (nSPS) is 33.8. The summed E-state index contributed by atoms with van der Waals surface area (Å²) in [5, 5.41) is 11.7. The second-order valence-corrected chi connectivity index (χ2v) is 6.48. The Labute approximate surface area is 124 Å². The standard InChI is InChI=1S/C17H19NO3/c19-18(20)16-11-12-5-1-2-10-15(12)21-17(16)13-6-3-7-14(17)9-4-8-13/h1-2,5,10-11,13-14H,3-4,6-9H2.